The van der Waals surface area contributed by atoms with Gasteiger partial charge < -0.3 is 10.0 Å². The third-order valence-electron chi connectivity index (χ3n) is 3.53. The summed E-state index contributed by atoms with van der Waals surface area (Å²) < 4.78 is 12.7. The second-order valence-electron chi connectivity index (χ2n) is 5.25. The number of benzene rings is 1. The maximum absolute atomic E-state index is 12.7. The van der Waals surface area contributed by atoms with Crippen LogP contribution in [0, 0.1) is 11.7 Å². The smallest absolute Gasteiger partial charge is 0.233 e. The van der Waals surface area contributed by atoms with Gasteiger partial charge in [-0.05, 0) is 30.2 Å². The molecule has 5 heteroatoms. The Morgan fingerprint density at radius 2 is 2.00 bits per heavy atom. The number of aliphatic hydroxyl groups is 1. The summed E-state index contributed by atoms with van der Waals surface area (Å²) >= 11 is 1.38. The van der Waals surface area contributed by atoms with E-state index in [0.29, 0.717) is 18.8 Å². The topological polar surface area (TPSA) is 40.5 Å². The lowest BCUT2D eigenvalue weighted by atomic mass is 9.83. The molecule has 0 atom stereocenters. The van der Waals surface area contributed by atoms with Crippen LogP contribution in [0.25, 0.3) is 0 Å². The van der Waals surface area contributed by atoms with Gasteiger partial charge in [0, 0.05) is 4.90 Å². The standard InChI is InChI=1S/C14H18FNO2S/c1-10(2)14(18)8-16(9-14)13(17)7-19-12-5-3-11(15)4-6-12/h3-6,10,18H,7-9H2,1-2H3. The van der Waals surface area contributed by atoms with Gasteiger partial charge in [0.15, 0.2) is 0 Å². The number of nitrogens with zero attached hydrogens (tertiary/aromatic N) is 1. The first kappa shape index (κ1) is 14.3. The Kier molecular flexibility index (Phi) is 4.16. The van der Waals surface area contributed by atoms with Crippen LogP contribution in [0.1, 0.15) is 13.8 Å². The van der Waals surface area contributed by atoms with E-state index in [4.69, 9.17) is 0 Å². The summed E-state index contributed by atoms with van der Waals surface area (Å²) in [6.45, 7) is 4.73. The second-order valence-corrected chi connectivity index (χ2v) is 6.30. The lowest BCUT2D eigenvalue weighted by molar-refractivity contribution is -0.161. The molecule has 1 amide bonds. The number of hydrogen-bond donors (Lipinski definition) is 1. The fraction of sp³-hybridized carbons (Fsp3) is 0.500. The fourth-order valence-electron chi connectivity index (χ4n) is 1.92. The Labute approximate surface area is 116 Å². The highest BCUT2D eigenvalue weighted by molar-refractivity contribution is 8.00. The van der Waals surface area contributed by atoms with Crippen molar-refractivity contribution in [1.82, 2.24) is 4.90 Å². The molecule has 1 aromatic rings. The highest BCUT2D eigenvalue weighted by Gasteiger charge is 2.45. The summed E-state index contributed by atoms with van der Waals surface area (Å²) in [5, 5.41) is 10.1. The monoisotopic (exact) mass is 283 g/mol. The fourth-order valence-corrected chi connectivity index (χ4v) is 2.72. The summed E-state index contributed by atoms with van der Waals surface area (Å²) in [7, 11) is 0. The summed E-state index contributed by atoms with van der Waals surface area (Å²) in [6.07, 6.45) is 0. The maximum Gasteiger partial charge on any atom is 0.233 e. The minimum Gasteiger partial charge on any atom is -0.386 e. The predicted octanol–water partition coefficient (Wildman–Crippen LogP) is 2.15. The van der Waals surface area contributed by atoms with Gasteiger partial charge in [-0.1, -0.05) is 13.8 Å². The van der Waals surface area contributed by atoms with Crippen molar-refractivity contribution in [2.24, 2.45) is 5.92 Å². The van der Waals surface area contributed by atoms with Crippen LogP contribution in [-0.4, -0.2) is 40.4 Å². The summed E-state index contributed by atoms with van der Waals surface area (Å²) in [5.41, 5.74) is -0.726. The van der Waals surface area contributed by atoms with E-state index in [0.717, 1.165) is 4.90 Å². The SMILES string of the molecule is CC(C)C1(O)CN(C(=O)CSc2ccc(F)cc2)C1. The number of carbonyl (C=O) groups is 1. The quantitative estimate of drug-likeness (QED) is 0.861. The second kappa shape index (κ2) is 5.51. The molecular formula is C14H18FNO2S. The van der Waals surface area contributed by atoms with Gasteiger partial charge in [-0.2, -0.15) is 0 Å². The highest BCUT2D eigenvalue weighted by atomic mass is 32.2. The molecule has 1 heterocycles. The van der Waals surface area contributed by atoms with Gasteiger partial charge in [0.25, 0.3) is 0 Å². The molecule has 0 spiro atoms. The molecule has 19 heavy (non-hydrogen) atoms. The first-order chi connectivity index (χ1) is 8.90. The Balaban J connectivity index is 1.79. The average molecular weight is 283 g/mol. The summed E-state index contributed by atoms with van der Waals surface area (Å²) in [5.74, 6) is 0.209. The largest absolute Gasteiger partial charge is 0.386 e. The minimum absolute atomic E-state index is 0.0136. The van der Waals surface area contributed by atoms with Crippen LogP contribution in [0.15, 0.2) is 29.2 Å². The third-order valence-corrected chi connectivity index (χ3v) is 4.53. The zero-order valence-corrected chi connectivity index (χ0v) is 11.9. The van der Waals surface area contributed by atoms with Gasteiger partial charge in [-0.15, -0.1) is 11.8 Å². The van der Waals surface area contributed by atoms with Gasteiger partial charge in [-0.25, -0.2) is 4.39 Å². The van der Waals surface area contributed by atoms with Gasteiger partial charge in [0.05, 0.1) is 18.8 Å². The van der Waals surface area contributed by atoms with Crippen LogP contribution >= 0.6 is 11.8 Å². The molecule has 1 aliphatic heterocycles. The van der Waals surface area contributed by atoms with Crippen LogP contribution in [-0.2, 0) is 4.79 Å². The average Bonchev–Trinajstić information content (AvgIpc) is 2.33. The Bertz CT molecular complexity index is 455. The van der Waals surface area contributed by atoms with Crippen molar-refractivity contribution in [2.75, 3.05) is 18.8 Å². The van der Waals surface area contributed by atoms with Gasteiger partial charge >= 0.3 is 0 Å². The molecule has 3 nitrogen and oxygen atoms in total. The molecule has 0 radical (unpaired) electrons. The molecule has 1 saturated heterocycles. The molecular weight excluding hydrogens is 265 g/mol. The van der Waals surface area contributed by atoms with Crippen LogP contribution in [0.4, 0.5) is 4.39 Å². The van der Waals surface area contributed by atoms with E-state index < -0.39 is 5.60 Å². The number of rotatable bonds is 4. The normalized spacial score (nSPS) is 17.4. The van der Waals surface area contributed by atoms with Crippen molar-refractivity contribution in [3.63, 3.8) is 0 Å². The lowest BCUT2D eigenvalue weighted by Gasteiger charge is -2.49. The first-order valence-electron chi connectivity index (χ1n) is 6.29. The third kappa shape index (κ3) is 3.28. The molecule has 0 aliphatic carbocycles. The number of amides is 1. The van der Waals surface area contributed by atoms with E-state index in [1.54, 1.807) is 17.0 Å². The first-order valence-corrected chi connectivity index (χ1v) is 7.28. The van der Waals surface area contributed by atoms with Gasteiger partial charge in [-0.3, -0.25) is 4.79 Å². The molecule has 0 saturated carbocycles. The van der Waals surface area contributed by atoms with E-state index in [-0.39, 0.29) is 17.6 Å². The molecule has 1 N–H and O–H groups in total. The molecule has 0 aromatic heterocycles. The predicted molar refractivity (Wildman–Crippen MR) is 73.5 cm³/mol. The number of halogens is 1. The van der Waals surface area contributed by atoms with Crippen molar-refractivity contribution in [2.45, 2.75) is 24.3 Å². The molecule has 1 aliphatic rings. The lowest BCUT2D eigenvalue weighted by Crippen LogP contribution is -2.66. The minimum atomic E-state index is -0.726. The summed E-state index contributed by atoms with van der Waals surface area (Å²) in [4.78, 5) is 14.4. The Morgan fingerprint density at radius 3 is 2.53 bits per heavy atom. The van der Waals surface area contributed by atoms with E-state index >= 15 is 0 Å². The number of thioether (sulfide) groups is 1. The Morgan fingerprint density at radius 1 is 1.42 bits per heavy atom. The van der Waals surface area contributed by atoms with Crippen molar-refractivity contribution < 1.29 is 14.3 Å². The van der Waals surface area contributed by atoms with Crippen LogP contribution < -0.4 is 0 Å². The van der Waals surface area contributed by atoms with E-state index in [1.165, 1.54) is 23.9 Å². The highest BCUT2D eigenvalue weighted by Crippen LogP contribution is 2.29. The molecule has 104 valence electrons. The van der Waals surface area contributed by atoms with Crippen molar-refractivity contribution in [3.8, 4) is 0 Å². The Hall–Kier alpha value is -1.07. The van der Waals surface area contributed by atoms with Crippen LogP contribution in [0.5, 0.6) is 0 Å². The number of likely N-dealkylation sites (tertiary alicyclic amines) is 1. The van der Waals surface area contributed by atoms with E-state index in [1.807, 2.05) is 13.8 Å². The van der Waals surface area contributed by atoms with Crippen LogP contribution in [0.3, 0.4) is 0 Å². The number of hydrogen-bond acceptors (Lipinski definition) is 3. The molecule has 0 unspecified atom stereocenters. The zero-order chi connectivity index (χ0) is 14.0. The van der Waals surface area contributed by atoms with E-state index in [9.17, 15) is 14.3 Å². The molecule has 0 bridgehead atoms. The van der Waals surface area contributed by atoms with E-state index in [2.05, 4.69) is 0 Å². The van der Waals surface area contributed by atoms with Crippen molar-refractivity contribution in [3.05, 3.63) is 30.1 Å². The maximum atomic E-state index is 12.7. The number of carbonyl (C=O) groups excluding carboxylic acids is 1. The summed E-state index contributed by atoms with van der Waals surface area (Å²) in [6, 6.07) is 6.09. The number of β-amino-alcohol motifs (C(OH)–C–C–N with tert-alkyl or cyclic N) is 1. The zero-order valence-electron chi connectivity index (χ0n) is 11.1. The van der Waals surface area contributed by atoms with Crippen LogP contribution in [0.2, 0.25) is 0 Å². The molecule has 1 fully saturated rings. The van der Waals surface area contributed by atoms with Gasteiger partial charge in [0.1, 0.15) is 11.4 Å². The molecule has 1 aromatic carbocycles. The molecule has 2 rings (SSSR count). The van der Waals surface area contributed by atoms with Gasteiger partial charge in [0.2, 0.25) is 5.91 Å². The van der Waals surface area contributed by atoms with Crippen molar-refractivity contribution in [1.29, 1.82) is 0 Å². The van der Waals surface area contributed by atoms with Crippen molar-refractivity contribution >= 4 is 17.7 Å².